The largest absolute Gasteiger partial charge is 0.481 e. The number of piperidine rings is 1. The predicted molar refractivity (Wildman–Crippen MR) is 71.4 cm³/mol. The highest BCUT2D eigenvalue weighted by molar-refractivity contribution is 5.74. The lowest BCUT2D eigenvalue weighted by molar-refractivity contribution is -0.137. The molecule has 1 fully saturated rings. The van der Waals surface area contributed by atoms with Gasteiger partial charge in [0.15, 0.2) is 0 Å². The smallest absolute Gasteiger partial charge is 0.317 e. The summed E-state index contributed by atoms with van der Waals surface area (Å²) < 4.78 is 28.3. The van der Waals surface area contributed by atoms with Crippen LogP contribution in [0.2, 0.25) is 0 Å². The number of nitrogens with one attached hydrogen (secondary N) is 1. The summed E-state index contributed by atoms with van der Waals surface area (Å²) in [5.41, 5.74) is 0. The number of alkyl halides is 2. The number of ether oxygens (including phenoxy) is 1. The Labute approximate surface area is 122 Å². The van der Waals surface area contributed by atoms with Gasteiger partial charge in [0.2, 0.25) is 0 Å². The quantitative estimate of drug-likeness (QED) is 0.667. The first-order valence-corrected chi connectivity index (χ1v) is 7.09. The van der Waals surface area contributed by atoms with Crippen molar-refractivity contribution in [2.75, 3.05) is 32.8 Å². The summed E-state index contributed by atoms with van der Waals surface area (Å²) in [5.74, 6) is -0.446. The molecule has 1 saturated heterocycles. The third-order valence-electron chi connectivity index (χ3n) is 3.43. The fourth-order valence-corrected chi connectivity index (χ4v) is 2.27. The molecule has 0 unspecified atom stereocenters. The summed E-state index contributed by atoms with van der Waals surface area (Å²) in [4.78, 5) is 23.9. The van der Waals surface area contributed by atoms with E-state index >= 15 is 0 Å². The number of hydrogen-bond acceptors (Lipinski definition) is 3. The van der Waals surface area contributed by atoms with Gasteiger partial charge >= 0.3 is 12.0 Å². The van der Waals surface area contributed by atoms with Crippen molar-refractivity contribution >= 4 is 12.0 Å². The van der Waals surface area contributed by atoms with Crippen molar-refractivity contribution in [1.82, 2.24) is 10.2 Å². The molecular weight excluding hydrogens is 286 g/mol. The van der Waals surface area contributed by atoms with Crippen LogP contribution in [0.15, 0.2) is 0 Å². The van der Waals surface area contributed by atoms with Crippen LogP contribution in [-0.4, -0.2) is 61.3 Å². The number of carboxylic acid groups (broad SMARTS) is 1. The molecule has 1 aliphatic heterocycles. The summed E-state index contributed by atoms with van der Waals surface area (Å²) in [7, 11) is 0. The van der Waals surface area contributed by atoms with Crippen molar-refractivity contribution in [1.29, 1.82) is 0 Å². The van der Waals surface area contributed by atoms with Crippen LogP contribution >= 0.6 is 0 Å². The van der Waals surface area contributed by atoms with E-state index < -0.39 is 19.0 Å². The molecule has 0 bridgehead atoms. The summed E-state index contributed by atoms with van der Waals surface area (Å²) >= 11 is 0. The topological polar surface area (TPSA) is 78.9 Å². The highest BCUT2D eigenvalue weighted by atomic mass is 19.3. The zero-order valence-corrected chi connectivity index (χ0v) is 11.9. The molecule has 2 amide bonds. The van der Waals surface area contributed by atoms with E-state index in [2.05, 4.69) is 10.1 Å². The molecule has 0 atom stereocenters. The van der Waals surface area contributed by atoms with Gasteiger partial charge in [0, 0.05) is 26.1 Å². The normalized spacial score (nSPS) is 16.2. The SMILES string of the molecule is O=C(O)CCC1CCN(C(=O)NCCOCC(F)F)CC1. The maximum absolute atomic E-state index is 11.8. The highest BCUT2D eigenvalue weighted by Crippen LogP contribution is 2.21. The second-order valence-corrected chi connectivity index (χ2v) is 5.06. The Bertz CT molecular complexity index is 334. The molecule has 6 nitrogen and oxygen atoms in total. The van der Waals surface area contributed by atoms with Gasteiger partial charge < -0.3 is 20.1 Å². The van der Waals surface area contributed by atoms with Crippen molar-refractivity contribution < 1.29 is 28.2 Å². The first-order chi connectivity index (χ1) is 9.99. The Hall–Kier alpha value is -1.44. The van der Waals surface area contributed by atoms with Crippen LogP contribution in [-0.2, 0) is 9.53 Å². The zero-order chi connectivity index (χ0) is 15.7. The average Bonchev–Trinajstić information content (AvgIpc) is 2.44. The third kappa shape index (κ3) is 7.79. The monoisotopic (exact) mass is 308 g/mol. The molecule has 1 aliphatic rings. The van der Waals surface area contributed by atoms with E-state index in [-0.39, 0.29) is 25.6 Å². The van der Waals surface area contributed by atoms with Gasteiger partial charge in [-0.1, -0.05) is 0 Å². The lowest BCUT2D eigenvalue weighted by atomic mass is 9.92. The number of amides is 2. The highest BCUT2D eigenvalue weighted by Gasteiger charge is 2.22. The number of nitrogens with zero attached hydrogens (tertiary/aromatic N) is 1. The van der Waals surface area contributed by atoms with Crippen LogP contribution < -0.4 is 5.32 Å². The molecule has 0 aliphatic carbocycles. The van der Waals surface area contributed by atoms with Gasteiger partial charge in [0.1, 0.15) is 6.61 Å². The Morgan fingerprint density at radius 3 is 2.57 bits per heavy atom. The predicted octanol–water partition coefficient (Wildman–Crippen LogP) is 1.55. The number of carbonyl (C=O) groups excluding carboxylic acids is 1. The van der Waals surface area contributed by atoms with Crippen LogP contribution in [0.5, 0.6) is 0 Å². The minimum absolute atomic E-state index is 0.0607. The van der Waals surface area contributed by atoms with E-state index in [1.54, 1.807) is 4.90 Å². The second kappa shape index (κ2) is 9.49. The van der Waals surface area contributed by atoms with Crippen molar-refractivity contribution in [3.63, 3.8) is 0 Å². The van der Waals surface area contributed by atoms with Crippen molar-refractivity contribution in [3.8, 4) is 0 Å². The molecule has 0 aromatic rings. The molecule has 0 aromatic heterocycles. The maximum atomic E-state index is 11.8. The molecule has 2 N–H and O–H groups in total. The number of likely N-dealkylation sites (tertiary alicyclic amines) is 1. The minimum Gasteiger partial charge on any atom is -0.481 e. The molecule has 21 heavy (non-hydrogen) atoms. The van der Waals surface area contributed by atoms with E-state index in [9.17, 15) is 18.4 Å². The van der Waals surface area contributed by atoms with Crippen LogP contribution in [0.1, 0.15) is 25.7 Å². The molecular formula is C13H22F2N2O4. The van der Waals surface area contributed by atoms with E-state index in [0.29, 0.717) is 25.4 Å². The maximum Gasteiger partial charge on any atom is 0.317 e. The number of aliphatic carboxylic acids is 1. The van der Waals surface area contributed by atoms with Gasteiger partial charge in [0.05, 0.1) is 6.61 Å². The van der Waals surface area contributed by atoms with E-state index in [1.807, 2.05) is 0 Å². The second-order valence-electron chi connectivity index (χ2n) is 5.06. The molecule has 8 heteroatoms. The Morgan fingerprint density at radius 2 is 2.00 bits per heavy atom. The summed E-state index contributed by atoms with van der Waals surface area (Å²) in [6.07, 6.45) is -0.0963. The average molecular weight is 308 g/mol. The lowest BCUT2D eigenvalue weighted by Crippen LogP contribution is -2.45. The molecule has 0 saturated carbocycles. The zero-order valence-electron chi connectivity index (χ0n) is 11.9. The molecule has 1 heterocycles. The lowest BCUT2D eigenvalue weighted by Gasteiger charge is -2.31. The number of carboxylic acids is 1. The summed E-state index contributed by atoms with van der Waals surface area (Å²) in [6.45, 7) is 0.822. The van der Waals surface area contributed by atoms with Crippen LogP contribution in [0.25, 0.3) is 0 Å². The fourth-order valence-electron chi connectivity index (χ4n) is 2.27. The van der Waals surface area contributed by atoms with Gasteiger partial charge in [-0.25, -0.2) is 13.6 Å². The van der Waals surface area contributed by atoms with Crippen LogP contribution in [0, 0.1) is 5.92 Å². The first kappa shape index (κ1) is 17.6. The van der Waals surface area contributed by atoms with Gasteiger partial charge in [-0.2, -0.15) is 0 Å². The van der Waals surface area contributed by atoms with E-state index in [4.69, 9.17) is 5.11 Å². The Morgan fingerprint density at radius 1 is 1.33 bits per heavy atom. The number of halogens is 2. The molecule has 1 rings (SSSR count). The van der Waals surface area contributed by atoms with Gasteiger partial charge in [-0.05, 0) is 25.2 Å². The number of carbonyl (C=O) groups is 2. The van der Waals surface area contributed by atoms with Crippen molar-refractivity contribution in [3.05, 3.63) is 0 Å². The standard InChI is InChI=1S/C13H22F2N2O4/c14-11(15)9-21-8-5-16-13(20)17-6-3-10(4-7-17)1-2-12(18)19/h10-11H,1-9H2,(H,16,20)(H,18,19). The van der Waals surface area contributed by atoms with E-state index in [1.165, 1.54) is 0 Å². The Balaban J connectivity index is 2.10. The molecule has 0 aromatic carbocycles. The molecule has 0 radical (unpaired) electrons. The molecule has 122 valence electrons. The number of urea groups is 1. The first-order valence-electron chi connectivity index (χ1n) is 7.09. The van der Waals surface area contributed by atoms with Crippen molar-refractivity contribution in [2.24, 2.45) is 5.92 Å². The van der Waals surface area contributed by atoms with E-state index in [0.717, 1.165) is 12.8 Å². The number of hydrogen-bond donors (Lipinski definition) is 2. The van der Waals surface area contributed by atoms with Crippen LogP contribution in [0.3, 0.4) is 0 Å². The van der Waals surface area contributed by atoms with Crippen molar-refractivity contribution in [2.45, 2.75) is 32.1 Å². The molecule has 0 spiro atoms. The van der Waals surface area contributed by atoms with Gasteiger partial charge in [0.25, 0.3) is 6.43 Å². The van der Waals surface area contributed by atoms with Gasteiger partial charge in [-0.15, -0.1) is 0 Å². The third-order valence-corrected chi connectivity index (χ3v) is 3.43. The minimum atomic E-state index is -2.49. The fraction of sp³-hybridized carbons (Fsp3) is 0.846. The summed E-state index contributed by atoms with van der Waals surface area (Å²) in [6, 6.07) is -0.229. The summed E-state index contributed by atoms with van der Waals surface area (Å²) in [5, 5.41) is 11.2. The Kier molecular flexibility index (Phi) is 7.96. The number of rotatable bonds is 8. The van der Waals surface area contributed by atoms with Crippen LogP contribution in [0.4, 0.5) is 13.6 Å². The van der Waals surface area contributed by atoms with Gasteiger partial charge in [-0.3, -0.25) is 4.79 Å².